The van der Waals surface area contributed by atoms with Crippen LogP contribution < -0.4 is 15.2 Å². The van der Waals surface area contributed by atoms with Gasteiger partial charge in [0.15, 0.2) is 0 Å². The van der Waals surface area contributed by atoms with Gasteiger partial charge in [0, 0.05) is 36.1 Å². The second-order valence-electron chi connectivity index (χ2n) is 14.1. The average Bonchev–Trinajstić information content (AvgIpc) is 3.38. The predicted octanol–water partition coefficient (Wildman–Crippen LogP) is 7.05. The lowest BCUT2D eigenvalue weighted by atomic mass is 9.90. The molecule has 3 aromatic rings. The van der Waals surface area contributed by atoms with Gasteiger partial charge in [-0.3, -0.25) is 4.79 Å². The van der Waals surface area contributed by atoms with Crippen LogP contribution in [0.3, 0.4) is 0 Å². The third-order valence-electron chi connectivity index (χ3n) is 10.8. The van der Waals surface area contributed by atoms with E-state index in [1.807, 2.05) is 53.4 Å². The predicted molar refractivity (Wildman–Crippen MR) is 188 cm³/mol. The Balaban J connectivity index is 1.08. The van der Waals surface area contributed by atoms with Gasteiger partial charge in [0.2, 0.25) is 15.9 Å². The summed E-state index contributed by atoms with van der Waals surface area (Å²) in [7, 11) is -3.97. The summed E-state index contributed by atoms with van der Waals surface area (Å²) < 4.78 is 42.4. The Bertz CT molecular complexity index is 1650. The third-order valence-corrected chi connectivity index (χ3v) is 13.0. The lowest BCUT2D eigenvalue weighted by molar-refractivity contribution is -0.142. The van der Waals surface area contributed by atoms with Crippen molar-refractivity contribution in [1.29, 1.82) is 0 Å². The molecule has 3 saturated heterocycles. The number of benzene rings is 3. The molecule has 256 valence electrons. The van der Waals surface area contributed by atoms with E-state index in [0.717, 1.165) is 36.8 Å². The molecule has 3 aromatic carbocycles. The van der Waals surface area contributed by atoms with Gasteiger partial charge in [-0.05, 0) is 111 Å². The summed E-state index contributed by atoms with van der Waals surface area (Å²) in [6.45, 7) is 0.844. The summed E-state index contributed by atoms with van der Waals surface area (Å²) in [6.07, 6.45) is 9.91. The standard InChI is InChI=1S/C38H46ClN3O5S/c39-29-10-6-27(7-11-29)28-8-14-34(15-9-28)47-35-20-21-41(37(24-35)38(43)42-31-12-13-32(42)23-30(40)22-31)48(44,45)36-18-16-33(17-19-36)46-25-26-4-2-1-3-5-26/h6-11,14-19,26,30-32,35,37H,1-5,12-13,20-25,40H2/t30?,31?,32?,35-,37+/m0/s1. The van der Waals surface area contributed by atoms with Crippen molar-refractivity contribution in [3.63, 3.8) is 0 Å². The van der Waals surface area contributed by atoms with Gasteiger partial charge < -0.3 is 20.1 Å². The van der Waals surface area contributed by atoms with E-state index in [9.17, 15) is 13.2 Å². The van der Waals surface area contributed by atoms with E-state index < -0.39 is 16.1 Å². The van der Waals surface area contributed by atoms with Gasteiger partial charge >= 0.3 is 0 Å². The van der Waals surface area contributed by atoms with Gasteiger partial charge in [-0.1, -0.05) is 55.1 Å². The van der Waals surface area contributed by atoms with E-state index in [4.69, 9.17) is 26.8 Å². The summed E-state index contributed by atoms with van der Waals surface area (Å²) in [4.78, 5) is 16.5. The van der Waals surface area contributed by atoms with E-state index in [2.05, 4.69) is 0 Å². The van der Waals surface area contributed by atoms with Crippen molar-refractivity contribution in [2.75, 3.05) is 13.2 Å². The van der Waals surface area contributed by atoms with E-state index >= 15 is 0 Å². The van der Waals surface area contributed by atoms with Crippen LogP contribution in [0.4, 0.5) is 0 Å². The van der Waals surface area contributed by atoms with Gasteiger partial charge in [-0.15, -0.1) is 0 Å². The Morgan fingerprint density at radius 2 is 1.38 bits per heavy atom. The zero-order valence-corrected chi connectivity index (χ0v) is 29.0. The lowest BCUT2D eigenvalue weighted by Gasteiger charge is -2.44. The van der Waals surface area contributed by atoms with Crippen LogP contribution in [0.2, 0.25) is 5.02 Å². The minimum atomic E-state index is -3.97. The molecule has 4 atom stereocenters. The molecule has 4 fully saturated rings. The summed E-state index contributed by atoms with van der Waals surface area (Å²) >= 11 is 6.06. The molecule has 0 aromatic heterocycles. The molecule has 48 heavy (non-hydrogen) atoms. The second-order valence-corrected chi connectivity index (χ2v) is 16.4. The number of hydrogen-bond donors (Lipinski definition) is 1. The Labute approximate surface area is 289 Å². The molecule has 4 aliphatic rings. The van der Waals surface area contributed by atoms with Crippen molar-refractivity contribution in [3.05, 3.63) is 77.8 Å². The molecule has 3 aliphatic heterocycles. The van der Waals surface area contributed by atoms with Crippen molar-refractivity contribution in [2.24, 2.45) is 11.7 Å². The fourth-order valence-electron chi connectivity index (χ4n) is 8.25. The Kier molecular flexibility index (Phi) is 10.0. The fourth-order valence-corrected chi connectivity index (χ4v) is 9.99. The first-order valence-electron chi connectivity index (χ1n) is 17.6. The number of rotatable bonds is 9. The average molecular weight is 692 g/mol. The van der Waals surface area contributed by atoms with Gasteiger partial charge in [0.05, 0.1) is 11.5 Å². The van der Waals surface area contributed by atoms with Crippen molar-refractivity contribution < 1.29 is 22.7 Å². The summed E-state index contributed by atoms with van der Waals surface area (Å²) in [6, 6.07) is 21.5. The highest BCUT2D eigenvalue weighted by Gasteiger charge is 2.49. The largest absolute Gasteiger partial charge is 0.493 e. The first-order valence-corrected chi connectivity index (χ1v) is 19.4. The van der Waals surface area contributed by atoms with Crippen molar-refractivity contribution in [3.8, 4) is 22.6 Å². The minimum Gasteiger partial charge on any atom is -0.493 e. The number of hydrogen-bond acceptors (Lipinski definition) is 6. The normalized spacial score (nSPS) is 26.7. The maximum Gasteiger partial charge on any atom is 0.243 e. The van der Waals surface area contributed by atoms with Crippen LogP contribution in [-0.4, -0.2) is 67.0 Å². The zero-order valence-electron chi connectivity index (χ0n) is 27.4. The number of nitrogens with two attached hydrogens (primary N) is 1. The van der Waals surface area contributed by atoms with E-state index in [0.29, 0.717) is 35.5 Å². The molecule has 10 heteroatoms. The first-order chi connectivity index (χ1) is 23.2. The van der Waals surface area contributed by atoms with Crippen LogP contribution in [0.5, 0.6) is 11.5 Å². The molecule has 8 nitrogen and oxygen atoms in total. The van der Waals surface area contributed by atoms with E-state index in [1.54, 1.807) is 24.3 Å². The quantitative estimate of drug-likeness (QED) is 0.258. The number of nitrogens with zero attached hydrogens (tertiary/aromatic N) is 2. The number of carbonyl (C=O) groups excluding carboxylic acids is 1. The lowest BCUT2D eigenvalue weighted by Crippen LogP contribution is -2.60. The summed E-state index contributed by atoms with van der Waals surface area (Å²) in [5.74, 6) is 1.78. The number of ether oxygens (including phenoxy) is 2. The molecule has 1 amide bonds. The molecule has 2 bridgehead atoms. The third kappa shape index (κ3) is 7.25. The van der Waals surface area contributed by atoms with Crippen molar-refractivity contribution in [1.82, 2.24) is 9.21 Å². The molecule has 7 rings (SSSR count). The molecule has 0 spiro atoms. The van der Waals surface area contributed by atoms with E-state index in [-0.39, 0.29) is 48.0 Å². The monoisotopic (exact) mass is 691 g/mol. The van der Waals surface area contributed by atoms with Crippen molar-refractivity contribution in [2.45, 2.75) is 106 Å². The molecule has 1 aliphatic carbocycles. The highest BCUT2D eigenvalue weighted by Crippen LogP contribution is 2.38. The van der Waals surface area contributed by atoms with Crippen LogP contribution in [0, 0.1) is 5.92 Å². The van der Waals surface area contributed by atoms with Crippen LogP contribution in [0.1, 0.15) is 70.6 Å². The van der Waals surface area contributed by atoms with Crippen LogP contribution >= 0.6 is 11.6 Å². The Morgan fingerprint density at radius 1 is 0.771 bits per heavy atom. The fraction of sp³-hybridized carbons (Fsp3) is 0.500. The minimum absolute atomic E-state index is 0.0538. The van der Waals surface area contributed by atoms with Gasteiger partial charge in [-0.25, -0.2) is 8.42 Å². The summed E-state index contributed by atoms with van der Waals surface area (Å²) in [5, 5.41) is 0.687. The SMILES string of the molecule is NC1CC2CCC(C1)N2C(=O)[C@H]1C[C@@H](Oc2ccc(-c3ccc(Cl)cc3)cc2)CCN1S(=O)(=O)c1ccc(OCC2CCCCC2)cc1. The maximum atomic E-state index is 14.4. The first kappa shape index (κ1) is 33.4. The smallest absolute Gasteiger partial charge is 0.243 e. The van der Waals surface area contributed by atoms with Gasteiger partial charge in [-0.2, -0.15) is 4.31 Å². The molecule has 3 heterocycles. The molecule has 2 unspecified atom stereocenters. The van der Waals surface area contributed by atoms with Crippen LogP contribution in [0.15, 0.2) is 77.7 Å². The zero-order chi connectivity index (χ0) is 33.3. The second kappa shape index (κ2) is 14.4. The van der Waals surface area contributed by atoms with Crippen LogP contribution in [0.25, 0.3) is 11.1 Å². The van der Waals surface area contributed by atoms with Crippen molar-refractivity contribution >= 4 is 27.5 Å². The number of piperidine rings is 2. The number of carbonyl (C=O) groups is 1. The number of halogens is 1. The molecule has 0 radical (unpaired) electrons. The molecule has 2 N–H and O–H groups in total. The number of amides is 1. The van der Waals surface area contributed by atoms with Gasteiger partial charge in [0.25, 0.3) is 0 Å². The molecule has 1 saturated carbocycles. The van der Waals surface area contributed by atoms with Crippen LogP contribution in [-0.2, 0) is 14.8 Å². The van der Waals surface area contributed by atoms with E-state index in [1.165, 1.54) is 36.4 Å². The number of sulfonamides is 1. The Hall–Kier alpha value is -3.11. The van der Waals surface area contributed by atoms with Gasteiger partial charge in [0.1, 0.15) is 23.6 Å². The topological polar surface area (TPSA) is 102 Å². The maximum absolute atomic E-state index is 14.4. The number of fused-ring (bicyclic) bond motifs is 2. The summed E-state index contributed by atoms with van der Waals surface area (Å²) in [5.41, 5.74) is 8.42. The molecular weight excluding hydrogens is 646 g/mol. The highest BCUT2D eigenvalue weighted by molar-refractivity contribution is 7.89. The highest BCUT2D eigenvalue weighted by atomic mass is 35.5. The molecular formula is C38H46ClN3O5S. The Morgan fingerprint density at radius 3 is 2.02 bits per heavy atom.